The first-order chi connectivity index (χ1) is 6.77. The Morgan fingerprint density at radius 2 is 2.00 bits per heavy atom. The first-order valence-electron chi connectivity index (χ1n) is 4.75. The molecule has 0 saturated carbocycles. The van der Waals surface area contributed by atoms with Gasteiger partial charge >= 0.3 is 95.1 Å². The van der Waals surface area contributed by atoms with Crippen LogP contribution in [-0.2, 0) is 29.5 Å². The van der Waals surface area contributed by atoms with Crippen molar-refractivity contribution in [2.75, 3.05) is 20.8 Å². The fraction of sp³-hybridized carbons (Fsp3) is 0.455. The average Bonchev–Trinajstić information content (AvgIpc) is 2.19. The SMILES string of the molecule is Br.COCCCc1c[c]([Zn])ccc1OC. The fourth-order valence-electron chi connectivity index (χ4n) is 1.43. The molecule has 4 heteroatoms. The van der Waals surface area contributed by atoms with Crippen LogP contribution in [0.15, 0.2) is 18.2 Å². The summed E-state index contributed by atoms with van der Waals surface area (Å²) in [6, 6.07) is 6.41. The van der Waals surface area contributed by atoms with E-state index in [1.54, 1.807) is 14.2 Å². The summed E-state index contributed by atoms with van der Waals surface area (Å²) in [5.74, 6) is 0.998. The Kier molecular flexibility index (Phi) is 8.31. The maximum atomic E-state index is 5.30. The molecule has 0 aliphatic carbocycles. The van der Waals surface area contributed by atoms with Gasteiger partial charge in [0.15, 0.2) is 0 Å². The van der Waals surface area contributed by atoms with Gasteiger partial charge in [-0.2, -0.15) is 0 Å². The van der Waals surface area contributed by atoms with Crippen LogP contribution in [0.3, 0.4) is 0 Å². The van der Waals surface area contributed by atoms with Crippen LogP contribution in [0.25, 0.3) is 0 Å². The van der Waals surface area contributed by atoms with Gasteiger partial charge in [-0.25, -0.2) is 0 Å². The van der Waals surface area contributed by atoms with E-state index in [1.165, 1.54) is 28.0 Å². The Bertz CT molecular complexity index is 292. The Labute approximate surface area is 112 Å². The van der Waals surface area contributed by atoms with Crippen molar-refractivity contribution >= 4 is 21.1 Å². The number of hydrogen-bond donors (Lipinski definition) is 0. The second kappa shape index (κ2) is 8.26. The number of hydrogen-bond acceptors (Lipinski definition) is 2. The van der Waals surface area contributed by atoms with Crippen molar-refractivity contribution in [3.8, 4) is 5.75 Å². The van der Waals surface area contributed by atoms with Crippen LogP contribution in [0.5, 0.6) is 5.75 Å². The normalized spacial score (nSPS) is 9.60. The molecule has 0 fully saturated rings. The quantitative estimate of drug-likeness (QED) is 0.609. The van der Waals surface area contributed by atoms with Gasteiger partial charge in [-0.3, -0.25) is 0 Å². The van der Waals surface area contributed by atoms with Gasteiger partial charge in [-0.05, 0) is 0 Å². The Morgan fingerprint density at radius 1 is 1.27 bits per heavy atom. The van der Waals surface area contributed by atoms with E-state index in [0.29, 0.717) is 0 Å². The van der Waals surface area contributed by atoms with E-state index in [1.807, 2.05) is 0 Å². The van der Waals surface area contributed by atoms with Gasteiger partial charge in [0.2, 0.25) is 0 Å². The van der Waals surface area contributed by atoms with E-state index in [2.05, 4.69) is 18.2 Å². The average molecular weight is 326 g/mol. The first kappa shape index (κ1) is 15.1. The van der Waals surface area contributed by atoms with Crippen LogP contribution in [0.4, 0.5) is 0 Å². The van der Waals surface area contributed by atoms with Crippen LogP contribution in [0.1, 0.15) is 12.0 Å². The molecule has 0 saturated heterocycles. The number of aryl methyl sites for hydroxylation is 1. The van der Waals surface area contributed by atoms with Crippen molar-refractivity contribution in [2.24, 2.45) is 0 Å². The summed E-state index contributed by atoms with van der Waals surface area (Å²) in [5, 5.41) is 0. The third-order valence-corrected chi connectivity index (χ3v) is 3.06. The van der Waals surface area contributed by atoms with E-state index in [0.717, 1.165) is 25.2 Å². The molecular weight excluding hydrogens is 309 g/mol. The van der Waals surface area contributed by atoms with Crippen LogP contribution in [0, 0.1) is 0 Å². The monoisotopic (exact) mass is 323 g/mol. The zero-order chi connectivity index (χ0) is 10.4. The molecule has 2 nitrogen and oxygen atoms in total. The molecule has 0 unspecified atom stereocenters. The number of benzene rings is 1. The summed E-state index contributed by atoms with van der Waals surface area (Å²) >= 11 is 1.20. The molecule has 1 aromatic carbocycles. The predicted octanol–water partition coefficient (Wildman–Crippen LogP) is 2.02. The minimum atomic E-state index is 0. The number of halogens is 1. The van der Waals surface area contributed by atoms with Crippen molar-refractivity contribution < 1.29 is 27.8 Å². The molecule has 1 aromatic rings. The molecule has 0 bridgehead atoms. The van der Waals surface area contributed by atoms with Gasteiger partial charge in [-0.1, -0.05) is 0 Å². The third-order valence-electron chi connectivity index (χ3n) is 2.14. The van der Waals surface area contributed by atoms with E-state index in [9.17, 15) is 0 Å². The molecule has 0 spiro atoms. The molecule has 0 heterocycles. The van der Waals surface area contributed by atoms with Crippen molar-refractivity contribution in [3.05, 3.63) is 23.8 Å². The summed E-state index contributed by atoms with van der Waals surface area (Å²) < 4.78 is 11.7. The van der Waals surface area contributed by atoms with E-state index >= 15 is 0 Å². The molecule has 0 radical (unpaired) electrons. The van der Waals surface area contributed by atoms with E-state index in [-0.39, 0.29) is 17.0 Å². The van der Waals surface area contributed by atoms with Crippen molar-refractivity contribution in [1.29, 1.82) is 0 Å². The predicted molar refractivity (Wildman–Crippen MR) is 63.1 cm³/mol. The second-order valence-corrected chi connectivity index (χ2v) is 4.96. The van der Waals surface area contributed by atoms with Gasteiger partial charge in [0.1, 0.15) is 0 Å². The molecule has 0 aliphatic rings. The van der Waals surface area contributed by atoms with Crippen LogP contribution in [0.2, 0.25) is 0 Å². The van der Waals surface area contributed by atoms with Gasteiger partial charge in [-0.15, -0.1) is 17.0 Å². The summed E-state index contributed by atoms with van der Waals surface area (Å²) in [6.07, 6.45) is 2.08. The molecule has 0 atom stereocenters. The zero-order valence-corrected chi connectivity index (χ0v) is 14.0. The molecule has 0 amide bonds. The molecule has 15 heavy (non-hydrogen) atoms. The van der Waals surface area contributed by atoms with Gasteiger partial charge in [0.05, 0.1) is 0 Å². The molecule has 81 valence electrons. The Morgan fingerprint density at radius 3 is 2.60 bits per heavy atom. The minimum absolute atomic E-state index is 0. The summed E-state index contributed by atoms with van der Waals surface area (Å²) in [5.41, 5.74) is 1.30. The summed E-state index contributed by atoms with van der Waals surface area (Å²) in [4.78, 5) is 0. The van der Waals surface area contributed by atoms with Crippen LogP contribution in [-0.4, -0.2) is 20.8 Å². The standard InChI is InChI=1S/C11H15O2.BrH.Zn/c1-12-9-5-7-10-6-3-4-8-11(10)13-2;;/h4,6,8H,5,7,9H2,1-2H3;1H;. The van der Waals surface area contributed by atoms with Gasteiger partial charge < -0.3 is 0 Å². The molecular formula is C11H16BrO2Zn. The molecule has 0 aromatic heterocycles. The zero-order valence-electron chi connectivity index (χ0n) is 9.29. The third kappa shape index (κ3) is 5.10. The van der Waals surface area contributed by atoms with Gasteiger partial charge in [0, 0.05) is 0 Å². The molecule has 0 N–H and O–H groups in total. The van der Waals surface area contributed by atoms with Crippen molar-refractivity contribution in [3.63, 3.8) is 0 Å². The number of ether oxygens (including phenoxy) is 2. The van der Waals surface area contributed by atoms with Gasteiger partial charge in [0.25, 0.3) is 0 Å². The maximum absolute atomic E-state index is 5.30. The number of rotatable bonds is 5. The molecule has 0 aliphatic heterocycles. The van der Waals surface area contributed by atoms with E-state index in [4.69, 9.17) is 9.47 Å². The Balaban J connectivity index is 0.00000196. The van der Waals surface area contributed by atoms with Crippen LogP contribution >= 0.6 is 17.0 Å². The molecule has 1 rings (SSSR count). The fourth-order valence-corrected chi connectivity index (χ4v) is 2.20. The summed E-state index contributed by atoms with van der Waals surface area (Å²) in [6.45, 7) is 0.813. The second-order valence-electron chi connectivity index (χ2n) is 3.24. The van der Waals surface area contributed by atoms with Crippen molar-refractivity contribution in [2.45, 2.75) is 12.8 Å². The number of methoxy groups -OCH3 is 2. The summed E-state index contributed by atoms with van der Waals surface area (Å²) in [7, 11) is 3.46. The van der Waals surface area contributed by atoms with Crippen molar-refractivity contribution in [1.82, 2.24) is 0 Å². The first-order valence-corrected chi connectivity index (χ1v) is 6.24. The van der Waals surface area contributed by atoms with Crippen LogP contribution < -0.4 is 8.89 Å². The van der Waals surface area contributed by atoms with E-state index < -0.39 is 0 Å². The topological polar surface area (TPSA) is 18.5 Å². The Hall–Kier alpha value is 0.0834.